The molecule has 0 aromatic rings. The number of carbonyl (C=O) groups is 1. The van der Waals surface area contributed by atoms with Crippen LogP contribution in [0.3, 0.4) is 0 Å². The topological polar surface area (TPSA) is 57.2 Å². The third kappa shape index (κ3) is 7.34. The van der Waals surface area contributed by atoms with E-state index in [1.807, 2.05) is 22.7 Å². The third-order valence-electron chi connectivity index (χ3n) is 4.16. The minimum absolute atomic E-state index is 0. The molecule has 0 radical (unpaired) electrons. The Morgan fingerprint density at radius 1 is 1.36 bits per heavy atom. The molecule has 2 fully saturated rings. The Kier molecular flexibility index (Phi) is 11.6. The van der Waals surface area contributed by atoms with E-state index < -0.39 is 0 Å². The number of amides is 1. The van der Waals surface area contributed by atoms with Crippen molar-refractivity contribution in [1.82, 2.24) is 15.1 Å². The average molecular weight is 482 g/mol. The van der Waals surface area contributed by atoms with E-state index >= 15 is 0 Å². The Morgan fingerprint density at radius 2 is 2.08 bits per heavy atom. The molecule has 0 saturated carbocycles. The van der Waals surface area contributed by atoms with Crippen LogP contribution in [0.4, 0.5) is 0 Å². The zero-order valence-electron chi connectivity index (χ0n) is 15.1. The van der Waals surface area contributed by atoms with Gasteiger partial charge in [-0.05, 0) is 19.8 Å². The summed E-state index contributed by atoms with van der Waals surface area (Å²) in [6.07, 6.45) is 3.58. The van der Waals surface area contributed by atoms with Crippen LogP contribution in [-0.2, 0) is 9.53 Å². The van der Waals surface area contributed by atoms with Gasteiger partial charge in [-0.2, -0.15) is 11.8 Å². The number of thioether (sulfide) groups is 1. The summed E-state index contributed by atoms with van der Waals surface area (Å²) >= 11 is 1.84. The van der Waals surface area contributed by atoms with E-state index in [1.54, 1.807) is 0 Å². The number of nitrogens with one attached hydrogen (secondary N) is 1. The summed E-state index contributed by atoms with van der Waals surface area (Å²) < 4.78 is 5.52. The molecule has 2 aliphatic rings. The summed E-state index contributed by atoms with van der Waals surface area (Å²) in [5.74, 6) is 3.09. The van der Waals surface area contributed by atoms with E-state index in [0.717, 1.165) is 76.2 Å². The third-order valence-corrected chi connectivity index (χ3v) is 5.11. The Morgan fingerprint density at radius 3 is 2.68 bits per heavy atom. The maximum atomic E-state index is 12.4. The molecule has 8 heteroatoms. The monoisotopic (exact) mass is 482 g/mol. The molecule has 0 aliphatic carbocycles. The number of rotatable bonds is 7. The fourth-order valence-electron chi connectivity index (χ4n) is 2.92. The fraction of sp³-hybridized carbons (Fsp3) is 0.765. The number of ether oxygens (including phenoxy) is 1. The zero-order valence-corrected chi connectivity index (χ0v) is 18.3. The van der Waals surface area contributed by atoms with Crippen LogP contribution in [0.15, 0.2) is 17.6 Å². The first-order valence-electron chi connectivity index (χ1n) is 8.88. The van der Waals surface area contributed by atoms with Crippen LogP contribution in [0.25, 0.3) is 0 Å². The van der Waals surface area contributed by atoms with Crippen molar-refractivity contribution >= 4 is 47.6 Å². The standard InChI is InChI=1S/C17H30N4O2S.HI/c1-3-13-24-14-7-19-17(18-4-2)21-10-8-20(9-11-21)16(22)15-6-5-12-23-15;/h3,15H,1,4-14H2,2H3,(H,18,19);1H. The number of guanidine groups is 1. The zero-order chi connectivity index (χ0) is 17.2. The quantitative estimate of drug-likeness (QED) is 0.197. The molecule has 2 aliphatic heterocycles. The number of piperazine rings is 1. The summed E-state index contributed by atoms with van der Waals surface area (Å²) in [5, 5.41) is 3.36. The van der Waals surface area contributed by atoms with Crippen molar-refractivity contribution in [3.63, 3.8) is 0 Å². The van der Waals surface area contributed by atoms with E-state index in [4.69, 9.17) is 9.73 Å². The maximum absolute atomic E-state index is 12.4. The molecular formula is C17H31IN4O2S. The van der Waals surface area contributed by atoms with Crippen molar-refractivity contribution in [2.45, 2.75) is 25.9 Å². The molecule has 144 valence electrons. The lowest BCUT2D eigenvalue weighted by Gasteiger charge is -2.37. The Labute approximate surface area is 172 Å². The highest BCUT2D eigenvalue weighted by Crippen LogP contribution is 2.16. The van der Waals surface area contributed by atoms with Gasteiger partial charge in [-0.3, -0.25) is 9.79 Å². The number of nitrogens with zero attached hydrogens (tertiary/aromatic N) is 3. The van der Waals surface area contributed by atoms with Gasteiger partial charge in [0.05, 0.1) is 6.54 Å². The highest BCUT2D eigenvalue weighted by Gasteiger charge is 2.30. The first kappa shape index (κ1) is 22.6. The van der Waals surface area contributed by atoms with Crippen molar-refractivity contribution in [2.24, 2.45) is 4.99 Å². The molecule has 1 atom stereocenters. The summed E-state index contributed by atoms with van der Waals surface area (Å²) in [6.45, 7) is 11.3. The summed E-state index contributed by atoms with van der Waals surface area (Å²) in [6, 6.07) is 0. The van der Waals surface area contributed by atoms with Gasteiger partial charge in [0.1, 0.15) is 6.10 Å². The van der Waals surface area contributed by atoms with Gasteiger partial charge in [0.15, 0.2) is 5.96 Å². The first-order valence-corrected chi connectivity index (χ1v) is 10.0. The van der Waals surface area contributed by atoms with Crippen LogP contribution in [0, 0.1) is 0 Å². The number of halogens is 1. The minimum atomic E-state index is -0.208. The lowest BCUT2D eigenvalue weighted by atomic mass is 10.2. The van der Waals surface area contributed by atoms with E-state index in [1.165, 1.54) is 0 Å². The molecule has 2 rings (SSSR count). The van der Waals surface area contributed by atoms with E-state index in [-0.39, 0.29) is 36.0 Å². The largest absolute Gasteiger partial charge is 0.368 e. The molecule has 2 saturated heterocycles. The highest BCUT2D eigenvalue weighted by molar-refractivity contribution is 14.0. The smallest absolute Gasteiger partial charge is 0.251 e. The van der Waals surface area contributed by atoms with Gasteiger partial charge in [0, 0.05) is 50.8 Å². The Hall–Kier alpha value is -0.480. The van der Waals surface area contributed by atoms with Gasteiger partial charge in [0.2, 0.25) is 0 Å². The van der Waals surface area contributed by atoms with Gasteiger partial charge < -0.3 is 19.9 Å². The van der Waals surface area contributed by atoms with E-state index in [9.17, 15) is 4.79 Å². The second kappa shape index (κ2) is 12.8. The average Bonchev–Trinajstić information content (AvgIpc) is 3.15. The van der Waals surface area contributed by atoms with Crippen molar-refractivity contribution in [3.05, 3.63) is 12.7 Å². The molecule has 1 unspecified atom stereocenters. The predicted octanol–water partition coefficient (Wildman–Crippen LogP) is 1.81. The van der Waals surface area contributed by atoms with Gasteiger partial charge in [-0.25, -0.2) is 0 Å². The normalized spacial score (nSPS) is 21.0. The second-order valence-electron chi connectivity index (χ2n) is 5.91. The number of carbonyl (C=O) groups excluding carboxylic acids is 1. The molecule has 6 nitrogen and oxygen atoms in total. The van der Waals surface area contributed by atoms with Crippen LogP contribution in [0.5, 0.6) is 0 Å². The molecular weight excluding hydrogens is 451 g/mol. The molecule has 0 bridgehead atoms. The SMILES string of the molecule is C=CCSCCN=C(NCC)N1CCN(C(=O)C2CCCO2)CC1.I. The van der Waals surface area contributed by atoms with Gasteiger partial charge in [0.25, 0.3) is 5.91 Å². The number of hydrogen-bond acceptors (Lipinski definition) is 4. The van der Waals surface area contributed by atoms with Gasteiger partial charge in [-0.15, -0.1) is 30.6 Å². The van der Waals surface area contributed by atoms with E-state index in [0.29, 0.717) is 0 Å². The van der Waals surface area contributed by atoms with Crippen LogP contribution < -0.4 is 5.32 Å². The molecule has 25 heavy (non-hydrogen) atoms. The molecule has 1 N–H and O–H groups in total. The van der Waals surface area contributed by atoms with Crippen LogP contribution in [-0.4, -0.2) is 85.2 Å². The van der Waals surface area contributed by atoms with Crippen molar-refractivity contribution in [1.29, 1.82) is 0 Å². The van der Waals surface area contributed by atoms with Crippen LogP contribution in [0.1, 0.15) is 19.8 Å². The molecule has 0 spiro atoms. The van der Waals surface area contributed by atoms with Gasteiger partial charge >= 0.3 is 0 Å². The first-order chi connectivity index (χ1) is 11.8. The molecule has 0 aromatic carbocycles. The van der Waals surface area contributed by atoms with Crippen molar-refractivity contribution < 1.29 is 9.53 Å². The number of aliphatic imine (C=N–C) groups is 1. The number of hydrogen-bond donors (Lipinski definition) is 1. The highest BCUT2D eigenvalue weighted by atomic mass is 127. The van der Waals surface area contributed by atoms with Crippen molar-refractivity contribution in [3.8, 4) is 0 Å². The Bertz CT molecular complexity index is 436. The summed E-state index contributed by atoms with van der Waals surface area (Å²) in [4.78, 5) is 21.3. The second-order valence-corrected chi connectivity index (χ2v) is 7.06. The lowest BCUT2D eigenvalue weighted by Crippen LogP contribution is -2.55. The van der Waals surface area contributed by atoms with E-state index in [2.05, 4.69) is 23.7 Å². The van der Waals surface area contributed by atoms with Crippen LogP contribution >= 0.6 is 35.7 Å². The predicted molar refractivity (Wildman–Crippen MR) is 116 cm³/mol. The molecule has 0 aromatic heterocycles. The Balaban J connectivity index is 0.00000312. The summed E-state index contributed by atoms with van der Waals surface area (Å²) in [5.41, 5.74) is 0. The van der Waals surface area contributed by atoms with Gasteiger partial charge in [-0.1, -0.05) is 6.08 Å². The summed E-state index contributed by atoms with van der Waals surface area (Å²) in [7, 11) is 0. The van der Waals surface area contributed by atoms with Crippen molar-refractivity contribution in [2.75, 3.05) is 57.4 Å². The molecule has 1 amide bonds. The lowest BCUT2D eigenvalue weighted by molar-refractivity contribution is -0.142. The fourth-order valence-corrected chi connectivity index (χ4v) is 3.48. The molecule has 2 heterocycles. The van der Waals surface area contributed by atoms with Crippen LogP contribution in [0.2, 0.25) is 0 Å². The maximum Gasteiger partial charge on any atom is 0.251 e. The minimum Gasteiger partial charge on any atom is -0.368 e.